The summed E-state index contributed by atoms with van der Waals surface area (Å²) in [5.74, 6) is 0.475. The number of aryl methyl sites for hydroxylation is 1. The maximum Gasteiger partial charge on any atom is 0.262 e. The van der Waals surface area contributed by atoms with Gasteiger partial charge in [0, 0.05) is 7.11 Å². The monoisotopic (exact) mass is 275 g/mol. The zero-order valence-electron chi connectivity index (χ0n) is 11.5. The molecule has 0 aliphatic heterocycles. The van der Waals surface area contributed by atoms with Gasteiger partial charge in [-0.1, -0.05) is 18.2 Å². The molecule has 1 N–H and O–H groups in total. The Morgan fingerprint density at radius 2 is 2.20 bits per heavy atom. The molecule has 0 unspecified atom stereocenters. The first-order chi connectivity index (χ1) is 9.69. The van der Waals surface area contributed by atoms with Crippen LogP contribution in [-0.4, -0.2) is 29.4 Å². The van der Waals surface area contributed by atoms with Crippen LogP contribution in [-0.2, 0) is 16.3 Å². The number of rotatable bonds is 6. The summed E-state index contributed by atoms with van der Waals surface area (Å²) >= 11 is 0. The number of methoxy groups -OCH3 is 1. The largest absolute Gasteiger partial charge is 0.483 e. The van der Waals surface area contributed by atoms with Crippen LogP contribution in [0.3, 0.4) is 0 Å². The molecule has 0 saturated heterocycles. The number of amides is 1. The molecule has 0 aliphatic carbocycles. The topological polar surface area (TPSA) is 65.4 Å². The lowest BCUT2D eigenvalue weighted by atomic mass is 10.2. The van der Waals surface area contributed by atoms with Gasteiger partial charge in [-0.15, -0.1) is 0 Å². The average Bonchev–Trinajstić information content (AvgIpc) is 2.85. The normalized spacial score (nSPS) is 10.3. The van der Waals surface area contributed by atoms with E-state index in [1.165, 1.54) is 0 Å². The number of hydrogen-bond donors (Lipinski definition) is 1. The SMILES string of the molecule is COCn1cc(NC(=O)COc2ccccc2C)cn1. The number of para-hydroxylation sites is 1. The van der Waals surface area contributed by atoms with Gasteiger partial charge in [-0.25, -0.2) is 4.68 Å². The molecule has 6 heteroatoms. The Hall–Kier alpha value is -2.34. The van der Waals surface area contributed by atoms with E-state index in [1.54, 1.807) is 24.2 Å². The third-order valence-electron chi connectivity index (χ3n) is 2.63. The predicted molar refractivity (Wildman–Crippen MR) is 74.5 cm³/mol. The molecule has 1 aromatic heterocycles. The number of carbonyl (C=O) groups excluding carboxylic acids is 1. The highest BCUT2D eigenvalue weighted by Gasteiger charge is 2.06. The van der Waals surface area contributed by atoms with E-state index in [9.17, 15) is 4.79 Å². The van der Waals surface area contributed by atoms with Gasteiger partial charge in [-0.2, -0.15) is 5.10 Å². The fourth-order valence-electron chi connectivity index (χ4n) is 1.69. The van der Waals surface area contributed by atoms with Crippen molar-refractivity contribution >= 4 is 11.6 Å². The van der Waals surface area contributed by atoms with Crippen LogP contribution in [0.25, 0.3) is 0 Å². The van der Waals surface area contributed by atoms with Crippen molar-refractivity contribution in [1.29, 1.82) is 0 Å². The van der Waals surface area contributed by atoms with Crippen LogP contribution < -0.4 is 10.1 Å². The molecular formula is C14H17N3O3. The van der Waals surface area contributed by atoms with Crippen LogP contribution >= 0.6 is 0 Å². The quantitative estimate of drug-likeness (QED) is 0.873. The Kier molecular flexibility index (Phi) is 4.73. The molecular weight excluding hydrogens is 258 g/mol. The van der Waals surface area contributed by atoms with Crippen LogP contribution in [0.2, 0.25) is 0 Å². The molecule has 20 heavy (non-hydrogen) atoms. The van der Waals surface area contributed by atoms with Gasteiger partial charge in [0.25, 0.3) is 5.91 Å². The third kappa shape index (κ3) is 3.83. The summed E-state index contributed by atoms with van der Waals surface area (Å²) in [5.41, 5.74) is 1.61. The summed E-state index contributed by atoms with van der Waals surface area (Å²) in [5, 5.41) is 6.74. The minimum absolute atomic E-state index is 0.0414. The first kappa shape index (κ1) is 14.1. The number of anilines is 1. The molecule has 0 aliphatic rings. The fraction of sp³-hybridized carbons (Fsp3) is 0.286. The maximum atomic E-state index is 11.8. The van der Waals surface area contributed by atoms with Crippen molar-refractivity contribution in [1.82, 2.24) is 9.78 Å². The Bertz CT molecular complexity index is 581. The number of nitrogens with zero attached hydrogens (tertiary/aromatic N) is 2. The Balaban J connectivity index is 1.84. The van der Waals surface area contributed by atoms with Crippen molar-refractivity contribution in [3.05, 3.63) is 42.2 Å². The second-order valence-corrected chi connectivity index (χ2v) is 4.29. The van der Waals surface area contributed by atoms with Crippen LogP contribution in [0.15, 0.2) is 36.7 Å². The first-order valence-corrected chi connectivity index (χ1v) is 6.18. The van der Waals surface area contributed by atoms with E-state index in [-0.39, 0.29) is 12.5 Å². The lowest BCUT2D eigenvalue weighted by Gasteiger charge is -2.08. The number of nitrogens with one attached hydrogen (secondary N) is 1. The molecule has 1 heterocycles. The van der Waals surface area contributed by atoms with Crippen LogP contribution in [0.5, 0.6) is 5.75 Å². The number of benzene rings is 1. The Morgan fingerprint density at radius 3 is 2.95 bits per heavy atom. The molecule has 0 radical (unpaired) electrons. The number of carbonyl (C=O) groups is 1. The van der Waals surface area contributed by atoms with E-state index in [4.69, 9.17) is 9.47 Å². The summed E-state index contributed by atoms with van der Waals surface area (Å²) in [7, 11) is 1.58. The Labute approximate surface area is 117 Å². The van der Waals surface area contributed by atoms with Crippen molar-refractivity contribution in [3.8, 4) is 5.75 Å². The van der Waals surface area contributed by atoms with Crippen molar-refractivity contribution in [2.45, 2.75) is 13.7 Å². The van der Waals surface area contributed by atoms with E-state index in [2.05, 4.69) is 10.4 Å². The highest BCUT2D eigenvalue weighted by molar-refractivity contribution is 5.91. The van der Waals surface area contributed by atoms with Crippen molar-refractivity contribution in [2.24, 2.45) is 0 Å². The highest BCUT2D eigenvalue weighted by atomic mass is 16.5. The maximum absolute atomic E-state index is 11.8. The summed E-state index contributed by atoms with van der Waals surface area (Å²) in [6, 6.07) is 7.56. The molecule has 0 fully saturated rings. The van der Waals surface area contributed by atoms with E-state index >= 15 is 0 Å². The van der Waals surface area contributed by atoms with E-state index in [0.717, 1.165) is 5.56 Å². The minimum atomic E-state index is -0.231. The number of hydrogen-bond acceptors (Lipinski definition) is 4. The van der Waals surface area contributed by atoms with Crippen LogP contribution in [0.4, 0.5) is 5.69 Å². The van der Waals surface area contributed by atoms with Crippen molar-refractivity contribution in [3.63, 3.8) is 0 Å². The van der Waals surface area contributed by atoms with Gasteiger partial charge in [-0.3, -0.25) is 4.79 Å². The summed E-state index contributed by atoms with van der Waals surface area (Å²) in [4.78, 5) is 11.8. The fourth-order valence-corrected chi connectivity index (χ4v) is 1.69. The minimum Gasteiger partial charge on any atom is -0.483 e. The van der Waals surface area contributed by atoms with Gasteiger partial charge >= 0.3 is 0 Å². The molecule has 1 aromatic carbocycles. The van der Waals surface area contributed by atoms with Crippen molar-refractivity contribution < 1.29 is 14.3 Å². The number of ether oxygens (including phenoxy) is 2. The van der Waals surface area contributed by atoms with Gasteiger partial charge in [0.1, 0.15) is 12.5 Å². The summed E-state index contributed by atoms with van der Waals surface area (Å²) in [6.07, 6.45) is 3.25. The lowest BCUT2D eigenvalue weighted by Crippen LogP contribution is -2.20. The molecule has 106 valence electrons. The summed E-state index contributed by atoms with van der Waals surface area (Å²) in [6.45, 7) is 2.23. The second-order valence-electron chi connectivity index (χ2n) is 4.29. The van der Waals surface area contributed by atoms with E-state index < -0.39 is 0 Å². The first-order valence-electron chi connectivity index (χ1n) is 6.18. The number of aromatic nitrogens is 2. The third-order valence-corrected chi connectivity index (χ3v) is 2.63. The smallest absolute Gasteiger partial charge is 0.262 e. The van der Waals surface area contributed by atoms with Gasteiger partial charge < -0.3 is 14.8 Å². The molecule has 0 spiro atoms. The van der Waals surface area contributed by atoms with Gasteiger partial charge in [0.2, 0.25) is 0 Å². The molecule has 2 aromatic rings. The summed E-state index contributed by atoms with van der Waals surface area (Å²) < 4.78 is 12.0. The van der Waals surface area contributed by atoms with Crippen LogP contribution in [0, 0.1) is 6.92 Å². The highest BCUT2D eigenvalue weighted by Crippen LogP contribution is 2.16. The van der Waals surface area contributed by atoms with Crippen molar-refractivity contribution in [2.75, 3.05) is 19.0 Å². The molecule has 0 saturated carbocycles. The second kappa shape index (κ2) is 6.72. The van der Waals surface area contributed by atoms with Gasteiger partial charge in [-0.05, 0) is 18.6 Å². The zero-order chi connectivity index (χ0) is 14.4. The zero-order valence-corrected chi connectivity index (χ0v) is 11.5. The van der Waals surface area contributed by atoms with E-state index in [0.29, 0.717) is 18.2 Å². The standard InChI is InChI=1S/C14H17N3O3/c1-11-5-3-4-6-13(11)20-9-14(18)16-12-7-15-17(8-12)10-19-2/h3-8H,9-10H2,1-2H3,(H,16,18). The lowest BCUT2D eigenvalue weighted by molar-refractivity contribution is -0.118. The van der Waals surface area contributed by atoms with Gasteiger partial charge in [0.05, 0.1) is 18.1 Å². The molecule has 0 bridgehead atoms. The average molecular weight is 275 g/mol. The molecule has 1 amide bonds. The molecule has 2 rings (SSSR count). The van der Waals surface area contributed by atoms with E-state index in [1.807, 2.05) is 31.2 Å². The Morgan fingerprint density at radius 1 is 1.40 bits per heavy atom. The predicted octanol–water partition coefficient (Wildman–Crippen LogP) is 1.81. The van der Waals surface area contributed by atoms with Crippen LogP contribution in [0.1, 0.15) is 5.56 Å². The molecule has 6 nitrogen and oxygen atoms in total. The van der Waals surface area contributed by atoms with Gasteiger partial charge in [0.15, 0.2) is 6.61 Å². The molecule has 0 atom stereocenters.